The Hall–Kier alpha value is -2.97. The van der Waals surface area contributed by atoms with Crippen LogP contribution >= 0.6 is 9.24 Å². The van der Waals surface area contributed by atoms with Crippen molar-refractivity contribution in [3.05, 3.63) is 86.0 Å². The highest BCUT2D eigenvalue weighted by Gasteiger charge is 2.31. The van der Waals surface area contributed by atoms with Gasteiger partial charge in [0.05, 0.1) is 18.8 Å². The first-order valence-corrected chi connectivity index (χ1v) is 15.6. The molecule has 3 aromatic rings. The molecule has 1 unspecified atom stereocenters. The summed E-state index contributed by atoms with van der Waals surface area (Å²) < 4.78 is 12.8. The molecule has 220 valence electrons. The molecule has 0 aliphatic carbocycles. The van der Waals surface area contributed by atoms with E-state index in [4.69, 9.17) is 9.47 Å². The van der Waals surface area contributed by atoms with Crippen LogP contribution in [0.4, 0.5) is 0 Å². The molecule has 0 spiro atoms. The third-order valence-corrected chi connectivity index (χ3v) is 7.96. The first kappa shape index (κ1) is 32.5. The van der Waals surface area contributed by atoms with E-state index in [1.54, 1.807) is 0 Å². The number of rotatable bonds is 14. The Labute approximate surface area is 249 Å². The molecule has 0 saturated carbocycles. The Bertz CT molecular complexity index is 1370. The normalized spacial score (nSPS) is 11.0. The predicted molar refractivity (Wildman–Crippen MR) is 174 cm³/mol. The van der Waals surface area contributed by atoms with Gasteiger partial charge in [-0.2, -0.15) is 0 Å². The molecular weight excluding hydrogens is 527 g/mol. The highest BCUT2D eigenvalue weighted by molar-refractivity contribution is 7.27. The largest absolute Gasteiger partial charge is 0.492 e. The lowest BCUT2D eigenvalue weighted by molar-refractivity contribution is 0.102. The van der Waals surface area contributed by atoms with Gasteiger partial charge in [-0.25, -0.2) is 0 Å². The molecule has 1 atom stereocenters. The zero-order valence-electron chi connectivity index (χ0n) is 26.3. The molecule has 0 heterocycles. The van der Waals surface area contributed by atoms with Crippen LogP contribution in [0.25, 0.3) is 0 Å². The second-order valence-corrected chi connectivity index (χ2v) is 12.0. The zero-order valence-corrected chi connectivity index (χ0v) is 27.4. The summed E-state index contributed by atoms with van der Waals surface area (Å²) in [6.07, 6.45) is 5.86. The van der Waals surface area contributed by atoms with Gasteiger partial charge in [-0.05, 0) is 82.7 Å². The summed E-state index contributed by atoms with van der Waals surface area (Å²) in [5.74, 6) is 0.492. The monoisotopic (exact) mass is 574 g/mol. The number of carbonyl (C=O) groups excluding carboxylic acids is 2. The average Bonchev–Trinajstić information content (AvgIpc) is 2.88. The SMILES string of the molecule is CCCCCOc1c(P)cc(C(=O)c2c(C)cc(C)cc2C)c(OCCCCC)c1C(=O)c1c(C)cc(C)cc1C. The van der Waals surface area contributed by atoms with E-state index in [0.29, 0.717) is 52.3 Å². The van der Waals surface area contributed by atoms with E-state index in [1.807, 2.05) is 71.9 Å². The first-order valence-electron chi connectivity index (χ1n) is 15.0. The van der Waals surface area contributed by atoms with Gasteiger partial charge in [0.2, 0.25) is 5.78 Å². The van der Waals surface area contributed by atoms with Crippen LogP contribution in [-0.2, 0) is 0 Å². The van der Waals surface area contributed by atoms with Crippen molar-refractivity contribution in [1.29, 1.82) is 0 Å². The van der Waals surface area contributed by atoms with Crippen molar-refractivity contribution >= 4 is 26.1 Å². The van der Waals surface area contributed by atoms with Crippen LogP contribution in [0.15, 0.2) is 30.3 Å². The van der Waals surface area contributed by atoms with E-state index in [-0.39, 0.29) is 11.6 Å². The molecule has 5 heteroatoms. The molecule has 0 aliphatic rings. The van der Waals surface area contributed by atoms with Crippen molar-refractivity contribution in [3.63, 3.8) is 0 Å². The average molecular weight is 575 g/mol. The van der Waals surface area contributed by atoms with Gasteiger partial charge >= 0.3 is 0 Å². The number of ketones is 2. The fourth-order valence-electron chi connectivity index (χ4n) is 5.74. The molecule has 3 rings (SSSR count). The summed E-state index contributed by atoms with van der Waals surface area (Å²) >= 11 is 0. The minimum absolute atomic E-state index is 0.141. The molecular formula is C36H47O4P. The van der Waals surface area contributed by atoms with Crippen molar-refractivity contribution < 1.29 is 19.1 Å². The number of hydrogen-bond donors (Lipinski definition) is 0. The van der Waals surface area contributed by atoms with Crippen LogP contribution in [0.2, 0.25) is 0 Å². The lowest BCUT2D eigenvalue weighted by Gasteiger charge is -2.22. The summed E-state index contributed by atoms with van der Waals surface area (Å²) in [5, 5.41) is 0.680. The third-order valence-electron chi connectivity index (χ3n) is 7.53. The van der Waals surface area contributed by atoms with Gasteiger partial charge in [0.1, 0.15) is 17.1 Å². The molecule has 0 fully saturated rings. The van der Waals surface area contributed by atoms with Crippen LogP contribution in [0, 0.1) is 41.5 Å². The molecule has 4 nitrogen and oxygen atoms in total. The van der Waals surface area contributed by atoms with Crippen molar-refractivity contribution in [1.82, 2.24) is 0 Å². The van der Waals surface area contributed by atoms with E-state index in [0.717, 1.165) is 71.9 Å². The summed E-state index contributed by atoms with van der Waals surface area (Å²) in [6.45, 7) is 17.1. The summed E-state index contributed by atoms with van der Waals surface area (Å²) in [5.41, 5.74) is 7.84. The van der Waals surface area contributed by atoms with Gasteiger partial charge in [0, 0.05) is 16.4 Å². The molecule has 0 saturated heterocycles. The molecule has 3 aromatic carbocycles. The molecule has 0 N–H and O–H groups in total. The fraction of sp³-hybridized carbons (Fsp3) is 0.444. The highest BCUT2D eigenvalue weighted by atomic mass is 31.0. The number of ether oxygens (including phenoxy) is 2. The first-order chi connectivity index (χ1) is 19.5. The Kier molecular flexibility index (Phi) is 11.7. The Morgan fingerprint density at radius 3 is 1.44 bits per heavy atom. The lowest BCUT2D eigenvalue weighted by Crippen LogP contribution is -2.20. The zero-order chi connectivity index (χ0) is 30.3. The lowest BCUT2D eigenvalue weighted by atomic mass is 9.88. The van der Waals surface area contributed by atoms with Crippen LogP contribution in [0.1, 0.15) is 118 Å². The summed E-state index contributed by atoms with van der Waals surface area (Å²) in [6, 6.07) is 9.93. The topological polar surface area (TPSA) is 52.6 Å². The van der Waals surface area contributed by atoms with Crippen LogP contribution in [-0.4, -0.2) is 24.8 Å². The van der Waals surface area contributed by atoms with E-state index < -0.39 is 0 Å². The number of benzene rings is 3. The van der Waals surface area contributed by atoms with Crippen molar-refractivity contribution in [3.8, 4) is 11.5 Å². The number of aryl methyl sites for hydroxylation is 6. The van der Waals surface area contributed by atoms with Crippen LogP contribution in [0.5, 0.6) is 11.5 Å². The molecule has 41 heavy (non-hydrogen) atoms. The molecule has 0 bridgehead atoms. The second kappa shape index (κ2) is 14.8. The van der Waals surface area contributed by atoms with Gasteiger partial charge in [-0.1, -0.05) is 74.9 Å². The highest BCUT2D eigenvalue weighted by Crippen LogP contribution is 2.38. The standard InChI is InChI=1S/C36H47O4P/c1-9-11-13-15-39-35-28(33(37)30-24(5)17-22(3)18-25(30)6)21-29(41)36(40-16-14-12-10-2)32(35)34(38)31-26(7)19-23(4)20-27(31)8/h17-21H,9-16,41H2,1-8H3. The number of unbranched alkanes of at least 4 members (excludes halogenated alkanes) is 4. The van der Waals surface area contributed by atoms with Gasteiger partial charge in [-0.3, -0.25) is 9.59 Å². The van der Waals surface area contributed by atoms with E-state index in [2.05, 4.69) is 23.1 Å². The summed E-state index contributed by atoms with van der Waals surface area (Å²) in [4.78, 5) is 28.9. The molecule has 0 aromatic heterocycles. The maximum atomic E-state index is 14.6. The van der Waals surface area contributed by atoms with E-state index >= 15 is 0 Å². The van der Waals surface area contributed by atoms with E-state index in [1.165, 1.54) is 0 Å². The number of hydrogen-bond acceptors (Lipinski definition) is 4. The van der Waals surface area contributed by atoms with Crippen molar-refractivity contribution in [2.75, 3.05) is 13.2 Å². The van der Waals surface area contributed by atoms with Crippen molar-refractivity contribution in [2.45, 2.75) is 93.9 Å². The molecule has 0 aliphatic heterocycles. The summed E-state index contributed by atoms with van der Waals surface area (Å²) in [7, 11) is 2.71. The third kappa shape index (κ3) is 7.66. The predicted octanol–water partition coefficient (Wildman–Crippen LogP) is 8.64. The number of carbonyl (C=O) groups is 2. The Morgan fingerprint density at radius 1 is 0.585 bits per heavy atom. The molecule has 0 amide bonds. The fourth-order valence-corrected chi connectivity index (χ4v) is 6.13. The van der Waals surface area contributed by atoms with Gasteiger partial charge in [-0.15, -0.1) is 9.24 Å². The smallest absolute Gasteiger partial charge is 0.201 e. The maximum Gasteiger partial charge on any atom is 0.201 e. The van der Waals surface area contributed by atoms with Crippen LogP contribution in [0.3, 0.4) is 0 Å². The van der Waals surface area contributed by atoms with Gasteiger partial charge in [0.15, 0.2) is 5.78 Å². The van der Waals surface area contributed by atoms with Gasteiger partial charge < -0.3 is 9.47 Å². The Balaban J connectivity index is 2.33. The maximum absolute atomic E-state index is 14.6. The second-order valence-electron chi connectivity index (χ2n) is 11.4. The Morgan fingerprint density at radius 2 is 1.00 bits per heavy atom. The quantitative estimate of drug-likeness (QED) is 0.110. The minimum atomic E-state index is -0.174. The van der Waals surface area contributed by atoms with Crippen molar-refractivity contribution in [2.24, 2.45) is 0 Å². The van der Waals surface area contributed by atoms with Crippen LogP contribution < -0.4 is 14.8 Å². The minimum Gasteiger partial charge on any atom is -0.492 e. The van der Waals surface area contributed by atoms with Gasteiger partial charge in [0.25, 0.3) is 0 Å². The molecule has 0 radical (unpaired) electrons. The van der Waals surface area contributed by atoms with E-state index in [9.17, 15) is 9.59 Å².